The molecule has 1 saturated heterocycles. The van der Waals surface area contributed by atoms with E-state index in [2.05, 4.69) is 46.4 Å². The summed E-state index contributed by atoms with van der Waals surface area (Å²) in [5.41, 5.74) is 6.32. The van der Waals surface area contributed by atoms with E-state index in [1.54, 1.807) is 11.3 Å². The molecule has 1 fully saturated rings. The Morgan fingerprint density at radius 1 is 1.31 bits per heavy atom. The lowest BCUT2D eigenvalue weighted by Crippen LogP contribution is -2.33. The molecule has 2 aromatic carbocycles. The van der Waals surface area contributed by atoms with Crippen molar-refractivity contribution in [2.24, 2.45) is 0 Å². The SMILES string of the molecule is Cc1ccccc1[C@H]1CCN(CCNC(=O)c2ccc3ncsc3c2)C1. The molecule has 2 heterocycles. The van der Waals surface area contributed by atoms with Gasteiger partial charge in [0.1, 0.15) is 0 Å². The van der Waals surface area contributed by atoms with Gasteiger partial charge in [-0.05, 0) is 55.1 Å². The average Bonchev–Trinajstić information content (AvgIpc) is 3.30. The van der Waals surface area contributed by atoms with Gasteiger partial charge in [-0.2, -0.15) is 0 Å². The van der Waals surface area contributed by atoms with Gasteiger partial charge in [0.2, 0.25) is 0 Å². The molecule has 4 rings (SSSR count). The second-order valence-electron chi connectivity index (χ2n) is 6.93. The molecule has 26 heavy (non-hydrogen) atoms. The lowest BCUT2D eigenvalue weighted by molar-refractivity contribution is 0.0950. The van der Waals surface area contributed by atoms with Crippen LogP contribution in [0.3, 0.4) is 0 Å². The van der Waals surface area contributed by atoms with Crippen LogP contribution in [-0.4, -0.2) is 42.0 Å². The number of hydrogen-bond donors (Lipinski definition) is 1. The van der Waals surface area contributed by atoms with E-state index >= 15 is 0 Å². The Labute approximate surface area is 157 Å². The number of likely N-dealkylation sites (tertiary alicyclic amines) is 1. The number of hydrogen-bond acceptors (Lipinski definition) is 4. The first-order valence-electron chi connectivity index (χ1n) is 9.10. The number of thiazole rings is 1. The zero-order valence-electron chi connectivity index (χ0n) is 14.9. The van der Waals surface area contributed by atoms with Gasteiger partial charge in [-0.25, -0.2) is 4.98 Å². The topological polar surface area (TPSA) is 45.2 Å². The maximum Gasteiger partial charge on any atom is 0.251 e. The van der Waals surface area contributed by atoms with E-state index < -0.39 is 0 Å². The fourth-order valence-electron chi connectivity index (χ4n) is 3.76. The van der Waals surface area contributed by atoms with Crippen LogP contribution < -0.4 is 5.32 Å². The summed E-state index contributed by atoms with van der Waals surface area (Å²) >= 11 is 1.56. The van der Waals surface area contributed by atoms with Crippen LogP contribution in [0.4, 0.5) is 0 Å². The van der Waals surface area contributed by atoms with E-state index in [0.29, 0.717) is 18.0 Å². The van der Waals surface area contributed by atoms with Crippen molar-refractivity contribution in [2.75, 3.05) is 26.2 Å². The Morgan fingerprint density at radius 2 is 2.19 bits per heavy atom. The van der Waals surface area contributed by atoms with Gasteiger partial charge in [0.15, 0.2) is 0 Å². The van der Waals surface area contributed by atoms with E-state index in [9.17, 15) is 4.79 Å². The Balaban J connectivity index is 1.28. The van der Waals surface area contributed by atoms with E-state index in [1.165, 1.54) is 17.5 Å². The molecule has 0 radical (unpaired) electrons. The molecular weight excluding hydrogens is 342 g/mol. The molecule has 134 valence electrons. The van der Waals surface area contributed by atoms with Gasteiger partial charge >= 0.3 is 0 Å². The lowest BCUT2D eigenvalue weighted by atomic mass is 9.94. The molecule has 0 spiro atoms. The minimum atomic E-state index is -0.00468. The van der Waals surface area contributed by atoms with Gasteiger partial charge in [-0.3, -0.25) is 4.79 Å². The van der Waals surface area contributed by atoms with Gasteiger partial charge in [0.25, 0.3) is 5.91 Å². The van der Waals surface area contributed by atoms with Gasteiger partial charge in [-0.15, -0.1) is 11.3 Å². The van der Waals surface area contributed by atoms with Crippen molar-refractivity contribution in [3.8, 4) is 0 Å². The smallest absolute Gasteiger partial charge is 0.251 e. The highest BCUT2D eigenvalue weighted by molar-refractivity contribution is 7.16. The van der Waals surface area contributed by atoms with Crippen molar-refractivity contribution in [3.05, 3.63) is 64.7 Å². The van der Waals surface area contributed by atoms with Crippen LogP contribution in [0.15, 0.2) is 48.0 Å². The maximum absolute atomic E-state index is 12.4. The summed E-state index contributed by atoms with van der Waals surface area (Å²) in [6, 6.07) is 14.4. The molecule has 1 aliphatic rings. The molecule has 0 unspecified atom stereocenters. The molecule has 1 amide bonds. The third-order valence-electron chi connectivity index (χ3n) is 5.21. The Hall–Kier alpha value is -2.24. The first-order chi connectivity index (χ1) is 12.7. The standard InChI is InChI=1S/C21H23N3OS/c1-15-4-2-3-5-18(15)17-8-10-24(13-17)11-9-22-21(25)16-6-7-19-20(12-16)26-14-23-19/h2-7,12,14,17H,8-11,13H2,1H3,(H,22,25)/t17-/m0/s1. The van der Waals surface area contributed by atoms with Crippen LogP contribution in [-0.2, 0) is 0 Å². The van der Waals surface area contributed by atoms with Crippen molar-refractivity contribution in [2.45, 2.75) is 19.3 Å². The summed E-state index contributed by atoms with van der Waals surface area (Å²) in [6.07, 6.45) is 1.20. The Kier molecular flexibility index (Phi) is 5.00. The zero-order chi connectivity index (χ0) is 17.9. The Morgan fingerprint density at radius 3 is 3.08 bits per heavy atom. The van der Waals surface area contributed by atoms with Crippen molar-refractivity contribution in [1.29, 1.82) is 0 Å². The monoisotopic (exact) mass is 365 g/mol. The van der Waals surface area contributed by atoms with Gasteiger partial charge < -0.3 is 10.2 Å². The summed E-state index contributed by atoms with van der Waals surface area (Å²) in [4.78, 5) is 19.1. The van der Waals surface area contributed by atoms with Gasteiger partial charge in [0.05, 0.1) is 15.7 Å². The maximum atomic E-state index is 12.4. The highest BCUT2D eigenvalue weighted by Gasteiger charge is 2.24. The molecule has 1 aliphatic heterocycles. The molecule has 5 heteroatoms. The van der Waals surface area contributed by atoms with Crippen LogP contribution in [0.5, 0.6) is 0 Å². The highest BCUT2D eigenvalue weighted by Crippen LogP contribution is 2.28. The number of benzene rings is 2. The van der Waals surface area contributed by atoms with Crippen LogP contribution in [0.2, 0.25) is 0 Å². The molecule has 4 nitrogen and oxygen atoms in total. The average molecular weight is 366 g/mol. The molecule has 1 N–H and O–H groups in total. The quantitative estimate of drug-likeness (QED) is 0.747. The number of rotatable bonds is 5. The third-order valence-corrected chi connectivity index (χ3v) is 6.00. The van der Waals surface area contributed by atoms with Crippen molar-refractivity contribution in [3.63, 3.8) is 0 Å². The molecule has 1 aromatic heterocycles. The van der Waals surface area contributed by atoms with E-state index in [-0.39, 0.29) is 5.91 Å². The third kappa shape index (κ3) is 3.64. The number of fused-ring (bicyclic) bond motifs is 1. The molecule has 1 atom stereocenters. The number of nitrogens with one attached hydrogen (secondary N) is 1. The Bertz CT molecular complexity index is 920. The second kappa shape index (κ2) is 7.56. The number of amides is 1. The molecular formula is C21H23N3OS. The zero-order valence-corrected chi connectivity index (χ0v) is 15.8. The number of nitrogens with zero attached hydrogens (tertiary/aromatic N) is 2. The fraction of sp³-hybridized carbons (Fsp3) is 0.333. The van der Waals surface area contributed by atoms with Crippen LogP contribution in [0.25, 0.3) is 10.2 Å². The van der Waals surface area contributed by atoms with Crippen LogP contribution in [0, 0.1) is 6.92 Å². The van der Waals surface area contributed by atoms with Crippen LogP contribution >= 0.6 is 11.3 Å². The summed E-state index contributed by atoms with van der Waals surface area (Å²) in [5, 5.41) is 3.05. The first kappa shape index (κ1) is 17.2. The first-order valence-corrected chi connectivity index (χ1v) is 9.98. The highest BCUT2D eigenvalue weighted by atomic mass is 32.1. The van der Waals surface area contributed by atoms with Crippen LogP contribution in [0.1, 0.15) is 33.8 Å². The molecule has 0 saturated carbocycles. The predicted molar refractivity (Wildman–Crippen MR) is 107 cm³/mol. The van der Waals surface area contributed by atoms with E-state index in [1.807, 2.05) is 23.7 Å². The molecule has 3 aromatic rings. The number of carbonyl (C=O) groups is 1. The molecule has 0 aliphatic carbocycles. The lowest BCUT2D eigenvalue weighted by Gasteiger charge is -2.17. The van der Waals surface area contributed by atoms with Gasteiger partial charge in [0, 0.05) is 25.2 Å². The fourth-order valence-corrected chi connectivity index (χ4v) is 4.48. The van der Waals surface area contributed by atoms with Crippen molar-refractivity contribution >= 4 is 27.5 Å². The number of aryl methyl sites for hydroxylation is 1. The largest absolute Gasteiger partial charge is 0.351 e. The number of aromatic nitrogens is 1. The number of carbonyl (C=O) groups excluding carboxylic acids is 1. The summed E-state index contributed by atoms with van der Waals surface area (Å²) < 4.78 is 1.05. The van der Waals surface area contributed by atoms with Crippen molar-refractivity contribution < 1.29 is 4.79 Å². The minimum absolute atomic E-state index is 0.00468. The second-order valence-corrected chi connectivity index (χ2v) is 7.82. The normalized spacial score (nSPS) is 17.7. The molecule has 0 bridgehead atoms. The summed E-state index contributed by atoms with van der Waals surface area (Å²) in [6.45, 7) is 5.95. The minimum Gasteiger partial charge on any atom is -0.351 e. The van der Waals surface area contributed by atoms with E-state index in [4.69, 9.17) is 0 Å². The predicted octanol–water partition coefficient (Wildman–Crippen LogP) is 3.82. The van der Waals surface area contributed by atoms with E-state index in [0.717, 1.165) is 29.9 Å². The summed E-state index contributed by atoms with van der Waals surface area (Å²) in [5.74, 6) is 0.607. The summed E-state index contributed by atoms with van der Waals surface area (Å²) in [7, 11) is 0. The van der Waals surface area contributed by atoms with Crippen molar-refractivity contribution in [1.82, 2.24) is 15.2 Å². The van der Waals surface area contributed by atoms with Gasteiger partial charge in [-0.1, -0.05) is 24.3 Å².